The second-order valence-electron chi connectivity index (χ2n) is 5.17. The number of aryl methyl sites for hydroxylation is 1. The first kappa shape index (κ1) is 15.4. The van der Waals surface area contributed by atoms with Gasteiger partial charge in [-0.25, -0.2) is 4.79 Å². The minimum absolute atomic E-state index is 0.111. The molecule has 24 heavy (non-hydrogen) atoms. The fourth-order valence-electron chi connectivity index (χ4n) is 2.57. The van der Waals surface area contributed by atoms with Gasteiger partial charge >= 0.3 is 5.97 Å². The van der Waals surface area contributed by atoms with Crippen molar-refractivity contribution in [2.24, 2.45) is 7.05 Å². The Morgan fingerprint density at radius 1 is 1.29 bits per heavy atom. The molecule has 0 amide bonds. The molecule has 0 fully saturated rings. The van der Waals surface area contributed by atoms with Crippen LogP contribution in [0.4, 0.5) is 5.69 Å². The van der Waals surface area contributed by atoms with Crippen LogP contribution in [0.3, 0.4) is 0 Å². The molecular weight excluding hydrogens is 306 g/mol. The van der Waals surface area contributed by atoms with Crippen LogP contribution < -0.4 is 5.73 Å². The van der Waals surface area contributed by atoms with Crippen LogP contribution in [0.15, 0.2) is 42.7 Å². The lowest BCUT2D eigenvalue weighted by Crippen LogP contribution is -2.11. The van der Waals surface area contributed by atoms with Crippen molar-refractivity contribution in [3.8, 4) is 23.0 Å². The third kappa shape index (κ3) is 2.40. The van der Waals surface area contributed by atoms with Crippen LogP contribution in [-0.2, 0) is 11.8 Å². The number of aromatic nitrogens is 3. The zero-order valence-electron chi connectivity index (χ0n) is 13.2. The Morgan fingerprint density at radius 2 is 2.00 bits per heavy atom. The van der Waals surface area contributed by atoms with Crippen molar-refractivity contribution >= 4 is 11.7 Å². The zero-order chi connectivity index (χ0) is 17.3. The predicted molar refractivity (Wildman–Crippen MR) is 88.4 cm³/mol. The highest BCUT2D eigenvalue weighted by Crippen LogP contribution is 2.26. The number of anilines is 1. The third-order valence-electron chi connectivity index (χ3n) is 3.81. The van der Waals surface area contributed by atoms with Crippen LogP contribution in [-0.4, -0.2) is 27.4 Å². The van der Waals surface area contributed by atoms with Gasteiger partial charge in [-0.05, 0) is 23.8 Å². The van der Waals surface area contributed by atoms with Gasteiger partial charge in [0.05, 0.1) is 24.1 Å². The molecule has 3 aromatic rings. The number of nitriles is 1. The second-order valence-corrected chi connectivity index (χ2v) is 5.17. The molecule has 2 aromatic heterocycles. The van der Waals surface area contributed by atoms with E-state index in [9.17, 15) is 4.79 Å². The highest BCUT2D eigenvalue weighted by molar-refractivity contribution is 5.96. The fourth-order valence-corrected chi connectivity index (χ4v) is 2.57. The van der Waals surface area contributed by atoms with Crippen LogP contribution >= 0.6 is 0 Å². The number of hydrogen-bond acceptors (Lipinski definition) is 5. The van der Waals surface area contributed by atoms with Crippen molar-refractivity contribution in [2.45, 2.75) is 0 Å². The summed E-state index contributed by atoms with van der Waals surface area (Å²) in [6.45, 7) is 0. The second kappa shape index (κ2) is 5.93. The number of hydrogen-bond donors (Lipinski definition) is 1. The lowest BCUT2D eigenvalue weighted by atomic mass is 10.1. The van der Waals surface area contributed by atoms with Gasteiger partial charge < -0.3 is 15.0 Å². The van der Waals surface area contributed by atoms with E-state index in [1.165, 1.54) is 13.3 Å². The number of nitrogens with two attached hydrogens (primary N) is 1. The molecule has 0 spiro atoms. The summed E-state index contributed by atoms with van der Waals surface area (Å²) in [5.41, 5.74) is 9.04. The van der Waals surface area contributed by atoms with Crippen molar-refractivity contribution in [3.63, 3.8) is 0 Å². The van der Waals surface area contributed by atoms with E-state index in [0.717, 1.165) is 11.3 Å². The Labute approximate surface area is 138 Å². The molecule has 0 bridgehead atoms. The topological polar surface area (TPSA) is 98.9 Å². The number of benzene rings is 1. The molecule has 0 unspecified atom stereocenters. The molecule has 0 saturated carbocycles. The van der Waals surface area contributed by atoms with Crippen molar-refractivity contribution < 1.29 is 9.53 Å². The number of nitrogens with zero attached hydrogens (tertiary/aromatic N) is 4. The third-order valence-corrected chi connectivity index (χ3v) is 3.81. The first-order chi connectivity index (χ1) is 11.6. The fraction of sp³-hybridized carbons (Fsp3) is 0.118. The molecular formula is C17H15N5O2. The van der Waals surface area contributed by atoms with Gasteiger partial charge in [-0.2, -0.15) is 10.4 Å². The van der Waals surface area contributed by atoms with Gasteiger partial charge in [-0.15, -0.1) is 0 Å². The molecule has 0 radical (unpaired) electrons. The summed E-state index contributed by atoms with van der Waals surface area (Å²) in [5.74, 6) is -0.593. The summed E-state index contributed by atoms with van der Waals surface area (Å²) >= 11 is 0. The molecule has 7 nitrogen and oxygen atoms in total. The molecule has 2 N–H and O–H groups in total. The number of ether oxygens (including phenoxy) is 1. The first-order valence-electron chi connectivity index (χ1n) is 7.15. The van der Waals surface area contributed by atoms with Crippen molar-refractivity contribution in [1.29, 1.82) is 5.26 Å². The maximum Gasteiger partial charge on any atom is 0.357 e. The molecule has 0 aliphatic heterocycles. The predicted octanol–water partition coefficient (Wildman–Crippen LogP) is 2.12. The Kier molecular flexibility index (Phi) is 3.80. The molecule has 0 saturated heterocycles. The van der Waals surface area contributed by atoms with Crippen LogP contribution in [0.2, 0.25) is 0 Å². The van der Waals surface area contributed by atoms with Gasteiger partial charge in [0.2, 0.25) is 0 Å². The van der Waals surface area contributed by atoms with E-state index in [0.29, 0.717) is 5.69 Å². The van der Waals surface area contributed by atoms with Gasteiger partial charge in [0.15, 0.2) is 5.69 Å². The van der Waals surface area contributed by atoms with E-state index in [1.807, 2.05) is 43.4 Å². The molecule has 2 heterocycles. The number of rotatable bonds is 3. The largest absolute Gasteiger partial charge is 0.464 e. The molecule has 0 aliphatic rings. The maximum atomic E-state index is 12.0. The van der Waals surface area contributed by atoms with Gasteiger partial charge in [0.25, 0.3) is 0 Å². The highest BCUT2D eigenvalue weighted by atomic mass is 16.5. The first-order valence-corrected chi connectivity index (χ1v) is 7.15. The monoisotopic (exact) mass is 321 g/mol. The van der Waals surface area contributed by atoms with Crippen LogP contribution in [0.5, 0.6) is 0 Å². The van der Waals surface area contributed by atoms with Crippen molar-refractivity contribution in [1.82, 2.24) is 14.3 Å². The van der Waals surface area contributed by atoms with Crippen LogP contribution in [0.1, 0.15) is 16.1 Å². The van der Waals surface area contributed by atoms with Crippen molar-refractivity contribution in [3.05, 3.63) is 54.0 Å². The van der Waals surface area contributed by atoms with E-state index in [4.69, 9.17) is 15.7 Å². The Bertz CT molecular complexity index is 945. The summed E-state index contributed by atoms with van der Waals surface area (Å²) in [6, 6.07) is 11.4. The Morgan fingerprint density at radius 3 is 2.54 bits per heavy atom. The molecule has 7 heteroatoms. The van der Waals surface area contributed by atoms with Crippen LogP contribution in [0, 0.1) is 11.3 Å². The average Bonchev–Trinajstić information content (AvgIpc) is 3.17. The zero-order valence-corrected chi connectivity index (χ0v) is 13.2. The van der Waals surface area contributed by atoms with E-state index in [2.05, 4.69) is 5.10 Å². The number of esters is 1. The van der Waals surface area contributed by atoms with Crippen molar-refractivity contribution in [2.75, 3.05) is 12.8 Å². The normalized spacial score (nSPS) is 10.4. The summed E-state index contributed by atoms with van der Waals surface area (Å²) in [6.07, 6.45) is 3.26. The van der Waals surface area contributed by atoms with E-state index in [1.54, 1.807) is 15.4 Å². The van der Waals surface area contributed by atoms with Gasteiger partial charge in [-0.3, -0.25) is 4.68 Å². The van der Waals surface area contributed by atoms with E-state index >= 15 is 0 Å². The van der Waals surface area contributed by atoms with E-state index in [-0.39, 0.29) is 16.9 Å². The van der Waals surface area contributed by atoms with Gasteiger partial charge in [0, 0.05) is 25.1 Å². The maximum absolute atomic E-state index is 12.0. The Balaban J connectivity index is 2.08. The lowest BCUT2D eigenvalue weighted by Gasteiger charge is -2.09. The minimum atomic E-state index is -0.593. The average molecular weight is 321 g/mol. The SMILES string of the molecule is COC(=O)c1c(N)c(C#N)cn1-c1ccc(-c2ccnn2C)cc1. The van der Waals surface area contributed by atoms with Crippen LogP contribution in [0.25, 0.3) is 16.9 Å². The molecule has 120 valence electrons. The van der Waals surface area contributed by atoms with E-state index < -0.39 is 5.97 Å². The Hall–Kier alpha value is -3.53. The number of carbonyl (C=O) groups excluding carboxylic acids is 1. The van der Waals surface area contributed by atoms with Gasteiger partial charge in [-0.1, -0.05) is 12.1 Å². The molecule has 0 atom stereocenters. The summed E-state index contributed by atoms with van der Waals surface area (Å²) < 4.78 is 8.11. The summed E-state index contributed by atoms with van der Waals surface area (Å²) in [7, 11) is 3.14. The highest BCUT2D eigenvalue weighted by Gasteiger charge is 2.21. The summed E-state index contributed by atoms with van der Waals surface area (Å²) in [5, 5.41) is 13.3. The van der Waals surface area contributed by atoms with Gasteiger partial charge in [0.1, 0.15) is 6.07 Å². The smallest absolute Gasteiger partial charge is 0.357 e. The quantitative estimate of drug-likeness (QED) is 0.745. The number of methoxy groups -OCH3 is 1. The lowest BCUT2D eigenvalue weighted by molar-refractivity contribution is 0.0593. The number of nitrogen functional groups attached to an aromatic ring is 1. The molecule has 3 rings (SSSR count). The molecule has 1 aromatic carbocycles. The minimum Gasteiger partial charge on any atom is -0.464 e. The molecule has 0 aliphatic carbocycles. The summed E-state index contributed by atoms with van der Waals surface area (Å²) in [4.78, 5) is 12.0. The standard InChI is InChI=1S/C17H15N5O2/c1-21-14(7-8-20-21)11-3-5-13(6-4-11)22-10-12(9-18)15(19)16(22)17(23)24-2/h3-8,10H,19H2,1-2H3. The number of carbonyl (C=O) groups is 1.